The molecule has 17 nitrogen and oxygen atoms in total. The van der Waals surface area contributed by atoms with Crippen molar-refractivity contribution < 1.29 is 57.1 Å². The monoisotopic (exact) mass is 974 g/mol. The Bertz CT molecular complexity index is 2160. The third-order valence-electron chi connectivity index (χ3n) is 12.0. The number of alkyl carbamates (subject to hydrolysis) is 1. The number of ether oxygens (including phenoxy) is 7. The molecule has 3 N–H and O–H groups in total. The first-order valence-electron chi connectivity index (χ1n) is 24.4. The number of nitrogens with one attached hydrogen (secondary N) is 3. The summed E-state index contributed by atoms with van der Waals surface area (Å²) in [5, 5.41) is 8.87. The van der Waals surface area contributed by atoms with Gasteiger partial charge in [-0.2, -0.15) is 0 Å². The first-order chi connectivity index (χ1) is 33.4. The van der Waals surface area contributed by atoms with Crippen LogP contribution in [0.4, 0.5) is 9.59 Å². The number of nitrogens with zero attached hydrogens (tertiary/aromatic N) is 2. The largest absolute Gasteiger partial charge is 0.491 e. The van der Waals surface area contributed by atoms with Crippen LogP contribution in [0.15, 0.2) is 72.8 Å². The molecule has 1 heterocycles. The van der Waals surface area contributed by atoms with Crippen LogP contribution in [0.25, 0.3) is 0 Å². The van der Waals surface area contributed by atoms with Crippen LogP contribution < -0.4 is 20.7 Å². The maximum Gasteiger partial charge on any atom is 0.410 e. The molecule has 5 rings (SSSR count). The molecule has 0 aromatic heterocycles. The SMILES string of the molecule is C[C@@H](C(=O)N[C@H](C(=O)N1Cc2cc(OCCOCCOCCOCCOCCNC(=O)OC(C)(C)C)ccc2C[C@H]1C(=O)N[C@@H]1CCCc2ccccc21)C(C)(C)C)N(C)C(=O)OCc1ccccc1. The van der Waals surface area contributed by atoms with Gasteiger partial charge in [0.25, 0.3) is 0 Å². The molecule has 0 spiro atoms. The van der Waals surface area contributed by atoms with E-state index >= 15 is 0 Å². The Hall–Kier alpha value is -5.75. The van der Waals surface area contributed by atoms with Gasteiger partial charge in [0, 0.05) is 26.6 Å². The van der Waals surface area contributed by atoms with Gasteiger partial charge in [-0.25, -0.2) is 9.59 Å². The Balaban J connectivity index is 1.13. The highest BCUT2D eigenvalue weighted by atomic mass is 16.6. The van der Waals surface area contributed by atoms with Gasteiger partial charge in [0.05, 0.1) is 58.9 Å². The minimum absolute atomic E-state index is 0.0434. The van der Waals surface area contributed by atoms with Gasteiger partial charge in [-0.05, 0) is 92.3 Å². The summed E-state index contributed by atoms with van der Waals surface area (Å²) in [6.45, 7) is 16.3. The second kappa shape index (κ2) is 27.0. The van der Waals surface area contributed by atoms with E-state index in [2.05, 4.69) is 28.1 Å². The summed E-state index contributed by atoms with van der Waals surface area (Å²) in [6.07, 6.45) is 1.75. The summed E-state index contributed by atoms with van der Waals surface area (Å²) < 4.78 is 39.0. The molecule has 70 heavy (non-hydrogen) atoms. The second-order valence-corrected chi connectivity index (χ2v) is 19.6. The van der Waals surface area contributed by atoms with E-state index in [1.54, 1.807) is 32.6 Å². The fraction of sp³-hybridized carbons (Fsp3) is 0.566. The molecule has 0 bridgehead atoms. The van der Waals surface area contributed by atoms with Crippen molar-refractivity contribution in [2.45, 2.75) is 117 Å². The van der Waals surface area contributed by atoms with E-state index in [-0.39, 0.29) is 38.1 Å². The number of aryl methyl sites for hydroxylation is 1. The molecule has 17 heteroatoms. The summed E-state index contributed by atoms with van der Waals surface area (Å²) in [6, 6.07) is 20.0. The van der Waals surface area contributed by atoms with E-state index in [1.165, 1.54) is 17.5 Å². The highest BCUT2D eigenvalue weighted by molar-refractivity contribution is 5.94. The second-order valence-electron chi connectivity index (χ2n) is 19.6. The van der Waals surface area contributed by atoms with Crippen LogP contribution >= 0.6 is 0 Å². The average Bonchev–Trinajstić information content (AvgIpc) is 3.33. The summed E-state index contributed by atoms with van der Waals surface area (Å²) in [4.78, 5) is 70.8. The van der Waals surface area contributed by atoms with E-state index in [0.29, 0.717) is 65.1 Å². The Morgan fingerprint density at radius 2 is 1.39 bits per heavy atom. The van der Waals surface area contributed by atoms with Crippen LogP contribution in [0.3, 0.4) is 0 Å². The zero-order valence-corrected chi connectivity index (χ0v) is 42.3. The number of rotatable bonds is 24. The van der Waals surface area contributed by atoms with E-state index in [9.17, 15) is 24.0 Å². The fourth-order valence-electron chi connectivity index (χ4n) is 8.04. The number of hydrogen-bond acceptors (Lipinski definition) is 12. The highest BCUT2D eigenvalue weighted by Crippen LogP contribution is 2.33. The van der Waals surface area contributed by atoms with Crippen molar-refractivity contribution in [3.63, 3.8) is 0 Å². The molecule has 0 saturated carbocycles. The van der Waals surface area contributed by atoms with Crippen molar-refractivity contribution in [3.05, 3.63) is 101 Å². The zero-order chi connectivity index (χ0) is 50.7. The lowest BCUT2D eigenvalue weighted by Gasteiger charge is -2.42. The van der Waals surface area contributed by atoms with Crippen LogP contribution in [0.1, 0.15) is 95.2 Å². The quantitative estimate of drug-likeness (QED) is 0.0852. The minimum Gasteiger partial charge on any atom is -0.491 e. The molecule has 4 atom stereocenters. The van der Waals surface area contributed by atoms with E-state index in [1.807, 2.05) is 81.4 Å². The smallest absolute Gasteiger partial charge is 0.410 e. The standard InChI is InChI=1S/C53H75N5O12/c1-37(57(8)51(63)69-36-38-15-10-9-11-16-38)47(59)56-46(52(2,3)4)49(61)58-35-41-33-42(22-21-40(41)34-45(58)48(60)55-44-20-14-18-39-17-12-13-19-43(39)44)68-32-31-67-30-29-66-28-27-65-26-25-64-24-23-54-50(62)70-53(5,6)7/h9-13,15-17,19,21-22,33,37,44-46H,14,18,20,23-32,34-36H2,1-8H3,(H,54,62)(H,55,60)(H,56,59)/t37-,44+,45-,46+/m0/s1. The Kier molecular flexibility index (Phi) is 21.3. The van der Waals surface area contributed by atoms with Crippen molar-refractivity contribution in [2.75, 3.05) is 73.1 Å². The van der Waals surface area contributed by atoms with Gasteiger partial charge in [-0.1, -0.05) is 81.4 Å². The molecule has 0 saturated heterocycles. The van der Waals surface area contributed by atoms with E-state index in [4.69, 9.17) is 33.2 Å². The van der Waals surface area contributed by atoms with E-state index in [0.717, 1.165) is 41.5 Å². The number of fused-ring (bicyclic) bond motifs is 2. The van der Waals surface area contributed by atoms with Crippen molar-refractivity contribution in [1.82, 2.24) is 25.8 Å². The van der Waals surface area contributed by atoms with Crippen molar-refractivity contribution >= 4 is 29.9 Å². The molecule has 1 aliphatic carbocycles. The third-order valence-corrected chi connectivity index (χ3v) is 12.0. The van der Waals surface area contributed by atoms with E-state index < -0.39 is 53.1 Å². The van der Waals surface area contributed by atoms with Gasteiger partial charge in [0.1, 0.15) is 42.7 Å². The van der Waals surface area contributed by atoms with Crippen molar-refractivity contribution in [3.8, 4) is 5.75 Å². The lowest BCUT2D eigenvalue weighted by molar-refractivity contribution is -0.147. The molecular weight excluding hydrogens is 899 g/mol. The lowest BCUT2D eigenvalue weighted by atomic mass is 9.83. The predicted molar refractivity (Wildman–Crippen MR) is 263 cm³/mol. The number of benzene rings is 3. The number of amides is 5. The summed E-state index contributed by atoms with van der Waals surface area (Å²) in [7, 11) is 1.48. The molecule has 1 aliphatic heterocycles. The topological polar surface area (TPSA) is 193 Å². The maximum absolute atomic E-state index is 15.0. The van der Waals surface area contributed by atoms with Crippen LogP contribution in [0, 0.1) is 5.41 Å². The normalized spacial score (nSPS) is 16.4. The van der Waals surface area contributed by atoms with Crippen LogP contribution in [0.2, 0.25) is 0 Å². The summed E-state index contributed by atoms with van der Waals surface area (Å²) >= 11 is 0. The first-order valence-corrected chi connectivity index (χ1v) is 24.4. The molecule has 2 aliphatic rings. The van der Waals surface area contributed by atoms with Gasteiger partial charge in [0.15, 0.2) is 0 Å². The van der Waals surface area contributed by atoms with Gasteiger partial charge >= 0.3 is 12.2 Å². The third kappa shape index (κ3) is 17.6. The van der Waals surface area contributed by atoms with Gasteiger partial charge < -0.3 is 54.0 Å². The predicted octanol–water partition coefficient (Wildman–Crippen LogP) is 6.29. The van der Waals surface area contributed by atoms with Crippen molar-refractivity contribution in [1.29, 1.82) is 0 Å². The molecular formula is C53H75N5O12. The fourth-order valence-corrected chi connectivity index (χ4v) is 8.04. The molecule has 0 fully saturated rings. The zero-order valence-electron chi connectivity index (χ0n) is 42.3. The Labute approximate surface area is 413 Å². The number of carbonyl (C=O) groups is 5. The molecule has 3 aromatic rings. The minimum atomic E-state index is -1.05. The van der Waals surface area contributed by atoms with Gasteiger partial charge in [-0.15, -0.1) is 0 Å². The average molecular weight is 974 g/mol. The Morgan fingerprint density at radius 3 is 2.04 bits per heavy atom. The van der Waals surface area contributed by atoms with Crippen LogP contribution in [0.5, 0.6) is 5.75 Å². The van der Waals surface area contributed by atoms with Crippen LogP contribution in [-0.2, 0) is 68.8 Å². The molecule has 0 unspecified atom stereocenters. The molecule has 0 radical (unpaired) electrons. The Morgan fingerprint density at radius 1 is 0.757 bits per heavy atom. The summed E-state index contributed by atoms with van der Waals surface area (Å²) in [5.41, 5.74) is 3.50. The molecule has 5 amide bonds. The molecule has 384 valence electrons. The van der Waals surface area contributed by atoms with Crippen molar-refractivity contribution in [2.24, 2.45) is 5.41 Å². The first kappa shape index (κ1) is 55.2. The highest BCUT2D eigenvalue weighted by Gasteiger charge is 2.43. The number of likely N-dealkylation sites (N-methyl/N-ethyl adjacent to an activating group) is 1. The summed E-state index contributed by atoms with van der Waals surface area (Å²) in [5.74, 6) is -0.633. The van der Waals surface area contributed by atoms with Gasteiger partial charge in [-0.3, -0.25) is 19.3 Å². The van der Waals surface area contributed by atoms with Crippen LogP contribution in [-0.4, -0.2) is 136 Å². The number of hydrogen-bond donors (Lipinski definition) is 3. The maximum atomic E-state index is 15.0. The lowest BCUT2D eigenvalue weighted by Crippen LogP contribution is -2.62. The number of carbonyl (C=O) groups excluding carboxylic acids is 5. The van der Waals surface area contributed by atoms with Gasteiger partial charge in [0.2, 0.25) is 17.7 Å². The molecule has 3 aromatic carbocycles.